The van der Waals surface area contributed by atoms with E-state index in [1.807, 2.05) is 37.3 Å². The van der Waals surface area contributed by atoms with Gasteiger partial charge in [-0.1, -0.05) is 12.1 Å². The summed E-state index contributed by atoms with van der Waals surface area (Å²) in [6, 6.07) is 12.8. The summed E-state index contributed by atoms with van der Waals surface area (Å²) < 4.78 is 5.25. The van der Waals surface area contributed by atoms with Gasteiger partial charge in [-0.2, -0.15) is 5.26 Å². The fourth-order valence-corrected chi connectivity index (χ4v) is 2.09. The van der Waals surface area contributed by atoms with Gasteiger partial charge in [0.05, 0.1) is 6.26 Å². The van der Waals surface area contributed by atoms with Crippen molar-refractivity contribution in [2.45, 2.75) is 6.92 Å². The fraction of sp³-hybridized carbons (Fsp3) is 0.0625. The zero-order valence-corrected chi connectivity index (χ0v) is 11.8. The summed E-state index contributed by atoms with van der Waals surface area (Å²) in [5.41, 5.74) is 1.49. The van der Waals surface area contributed by atoms with E-state index in [1.165, 1.54) is 6.26 Å². The molecule has 0 saturated heterocycles. The highest BCUT2D eigenvalue weighted by Crippen LogP contribution is 2.21. The second-order valence-electron chi connectivity index (χ2n) is 4.72. The van der Waals surface area contributed by atoms with Crippen LogP contribution in [-0.4, -0.2) is 9.97 Å². The predicted molar refractivity (Wildman–Crippen MR) is 81.7 cm³/mol. The van der Waals surface area contributed by atoms with E-state index in [0.717, 1.165) is 11.3 Å². The Morgan fingerprint density at radius 1 is 1.32 bits per heavy atom. The maximum atomic E-state index is 12.0. The third-order valence-corrected chi connectivity index (χ3v) is 3.07. The molecule has 0 atom stereocenters. The van der Waals surface area contributed by atoms with Gasteiger partial charge >= 0.3 is 0 Å². The monoisotopic (exact) mass is 292 g/mol. The smallest absolute Gasteiger partial charge is 0.271 e. The van der Waals surface area contributed by atoms with Gasteiger partial charge in [0.1, 0.15) is 17.3 Å². The van der Waals surface area contributed by atoms with Crippen molar-refractivity contribution in [3.63, 3.8) is 0 Å². The molecule has 0 unspecified atom stereocenters. The maximum Gasteiger partial charge on any atom is 0.271 e. The average Bonchev–Trinajstić information content (AvgIpc) is 3.00. The Kier molecular flexibility index (Phi) is 3.46. The summed E-state index contributed by atoms with van der Waals surface area (Å²) in [4.78, 5) is 18.9. The lowest BCUT2D eigenvalue weighted by Gasteiger charge is -2.08. The topological polar surface area (TPSA) is 94.7 Å². The molecule has 1 aromatic carbocycles. The molecule has 0 aliphatic heterocycles. The average molecular weight is 292 g/mol. The summed E-state index contributed by atoms with van der Waals surface area (Å²) in [6.07, 6.45) is 1.47. The summed E-state index contributed by atoms with van der Waals surface area (Å²) in [5, 5.41) is 12.2. The molecule has 2 heterocycles. The number of hydrogen-bond donors (Lipinski definition) is 2. The van der Waals surface area contributed by atoms with Gasteiger partial charge in [-0.3, -0.25) is 9.78 Å². The molecule has 0 fully saturated rings. The van der Waals surface area contributed by atoms with E-state index in [9.17, 15) is 4.79 Å². The SMILES string of the molecule is Cc1cccc(Nc2nc(-c3ccco3)c(C#N)c(=O)[nH]2)c1. The van der Waals surface area contributed by atoms with Gasteiger partial charge < -0.3 is 9.73 Å². The molecule has 3 rings (SSSR count). The molecule has 0 bridgehead atoms. The molecule has 0 spiro atoms. The minimum atomic E-state index is -0.515. The number of benzene rings is 1. The number of aromatic nitrogens is 2. The van der Waals surface area contributed by atoms with Gasteiger partial charge in [-0.15, -0.1) is 0 Å². The third-order valence-electron chi connectivity index (χ3n) is 3.07. The van der Waals surface area contributed by atoms with Crippen molar-refractivity contribution >= 4 is 11.6 Å². The molecule has 0 saturated carbocycles. The first-order valence-corrected chi connectivity index (χ1v) is 6.59. The van der Waals surface area contributed by atoms with E-state index in [-0.39, 0.29) is 17.2 Å². The molecular formula is C16H12N4O2. The van der Waals surface area contributed by atoms with E-state index in [0.29, 0.717) is 5.76 Å². The van der Waals surface area contributed by atoms with Crippen LogP contribution in [0.4, 0.5) is 11.6 Å². The Labute approximate surface area is 126 Å². The number of rotatable bonds is 3. The molecular weight excluding hydrogens is 280 g/mol. The normalized spacial score (nSPS) is 10.2. The van der Waals surface area contributed by atoms with Crippen molar-refractivity contribution in [3.8, 4) is 17.5 Å². The molecule has 108 valence electrons. The second-order valence-corrected chi connectivity index (χ2v) is 4.72. The van der Waals surface area contributed by atoms with Crippen LogP contribution in [-0.2, 0) is 0 Å². The first kappa shape index (κ1) is 13.6. The van der Waals surface area contributed by atoms with Gasteiger partial charge in [0.15, 0.2) is 5.76 Å². The van der Waals surface area contributed by atoms with Crippen LogP contribution in [0.5, 0.6) is 0 Å². The standard InChI is InChI=1S/C16H12N4O2/c1-10-4-2-5-11(8-10)18-16-19-14(13-6-3-7-22-13)12(9-17)15(21)20-16/h2-8H,1H3,(H2,18,19,20,21). The largest absolute Gasteiger partial charge is 0.463 e. The van der Waals surface area contributed by atoms with Gasteiger partial charge in [0, 0.05) is 5.69 Å². The summed E-state index contributed by atoms with van der Waals surface area (Å²) in [5.74, 6) is 0.621. The number of H-pyrrole nitrogens is 1. The highest BCUT2D eigenvalue weighted by atomic mass is 16.3. The van der Waals surface area contributed by atoms with Crippen LogP contribution in [0.15, 0.2) is 51.9 Å². The first-order valence-electron chi connectivity index (χ1n) is 6.59. The number of hydrogen-bond acceptors (Lipinski definition) is 5. The lowest BCUT2D eigenvalue weighted by atomic mass is 10.2. The minimum absolute atomic E-state index is 0.0789. The van der Waals surface area contributed by atoms with Crippen LogP contribution in [0.1, 0.15) is 11.1 Å². The molecule has 6 heteroatoms. The number of aromatic amines is 1. The predicted octanol–water partition coefficient (Wildman–Crippen LogP) is 2.95. The van der Waals surface area contributed by atoms with Crippen LogP contribution < -0.4 is 10.9 Å². The summed E-state index contributed by atoms with van der Waals surface area (Å²) in [6.45, 7) is 1.97. The molecule has 2 aromatic heterocycles. The molecule has 0 aliphatic rings. The van der Waals surface area contributed by atoms with Crippen molar-refractivity contribution in [1.29, 1.82) is 5.26 Å². The van der Waals surface area contributed by atoms with Gasteiger partial charge in [0.25, 0.3) is 5.56 Å². The van der Waals surface area contributed by atoms with Crippen LogP contribution in [0, 0.1) is 18.3 Å². The Morgan fingerprint density at radius 3 is 2.86 bits per heavy atom. The molecule has 6 nitrogen and oxygen atoms in total. The Morgan fingerprint density at radius 2 is 2.18 bits per heavy atom. The van der Waals surface area contributed by atoms with Crippen molar-refractivity contribution in [2.75, 3.05) is 5.32 Å². The highest BCUT2D eigenvalue weighted by Gasteiger charge is 2.15. The van der Waals surface area contributed by atoms with Crippen LogP contribution >= 0.6 is 0 Å². The first-order chi connectivity index (χ1) is 10.7. The van der Waals surface area contributed by atoms with E-state index in [2.05, 4.69) is 15.3 Å². The molecule has 22 heavy (non-hydrogen) atoms. The second kappa shape index (κ2) is 5.58. The van der Waals surface area contributed by atoms with Gasteiger partial charge in [0.2, 0.25) is 5.95 Å². The van der Waals surface area contributed by atoms with Gasteiger partial charge in [-0.25, -0.2) is 4.98 Å². The Bertz CT molecular complexity index is 905. The molecule has 3 aromatic rings. The van der Waals surface area contributed by atoms with Crippen molar-refractivity contribution in [1.82, 2.24) is 9.97 Å². The lowest BCUT2D eigenvalue weighted by Crippen LogP contribution is -2.16. The highest BCUT2D eigenvalue weighted by molar-refractivity contribution is 5.64. The van der Waals surface area contributed by atoms with Gasteiger partial charge in [-0.05, 0) is 36.8 Å². The number of anilines is 2. The quantitative estimate of drug-likeness (QED) is 0.774. The van der Waals surface area contributed by atoms with Crippen molar-refractivity contribution in [3.05, 3.63) is 64.1 Å². The third kappa shape index (κ3) is 2.60. The molecule has 0 aliphatic carbocycles. The zero-order valence-electron chi connectivity index (χ0n) is 11.8. The van der Waals surface area contributed by atoms with E-state index in [4.69, 9.17) is 9.68 Å². The fourth-order valence-electron chi connectivity index (χ4n) is 2.09. The van der Waals surface area contributed by atoms with E-state index < -0.39 is 5.56 Å². The zero-order chi connectivity index (χ0) is 15.5. The van der Waals surface area contributed by atoms with E-state index >= 15 is 0 Å². The van der Waals surface area contributed by atoms with Crippen LogP contribution in [0.25, 0.3) is 11.5 Å². The number of nitrogens with one attached hydrogen (secondary N) is 2. The lowest BCUT2D eigenvalue weighted by molar-refractivity contribution is 0.579. The molecule has 2 N–H and O–H groups in total. The van der Waals surface area contributed by atoms with Crippen molar-refractivity contribution < 1.29 is 4.42 Å². The van der Waals surface area contributed by atoms with Crippen LogP contribution in [0.3, 0.4) is 0 Å². The summed E-state index contributed by atoms with van der Waals surface area (Å²) in [7, 11) is 0. The number of nitriles is 1. The van der Waals surface area contributed by atoms with Crippen LogP contribution in [0.2, 0.25) is 0 Å². The Balaban J connectivity index is 2.07. The Hall–Kier alpha value is -3.33. The minimum Gasteiger partial charge on any atom is -0.463 e. The maximum absolute atomic E-state index is 12.0. The van der Waals surface area contributed by atoms with Crippen molar-refractivity contribution in [2.24, 2.45) is 0 Å². The molecule has 0 amide bonds. The number of aryl methyl sites for hydroxylation is 1. The van der Waals surface area contributed by atoms with E-state index in [1.54, 1.807) is 12.1 Å². The number of nitrogens with zero attached hydrogens (tertiary/aromatic N) is 2. The molecule has 0 radical (unpaired) electrons. The number of furan rings is 1. The summed E-state index contributed by atoms with van der Waals surface area (Å²) >= 11 is 0.